The largest absolute Gasteiger partial charge is 0.393 e. The molecule has 0 aliphatic heterocycles. The number of nitrogens with one attached hydrogen (secondary N) is 1. The minimum atomic E-state index is -0.160. The number of hydrogen-bond acceptors (Lipinski definition) is 3. The van der Waals surface area contributed by atoms with E-state index in [1.807, 2.05) is 31.3 Å². The monoisotopic (exact) mass is 276 g/mol. The normalized spacial score (nSPS) is 21.1. The second-order valence-electron chi connectivity index (χ2n) is 5.68. The molecule has 4 nitrogen and oxygen atoms in total. The summed E-state index contributed by atoms with van der Waals surface area (Å²) in [5.74, 6) is 0.498. The molecule has 1 aromatic rings. The van der Waals surface area contributed by atoms with Crippen LogP contribution in [0.3, 0.4) is 0 Å². The third-order valence-corrected chi connectivity index (χ3v) is 3.80. The highest BCUT2D eigenvalue weighted by Gasteiger charge is 2.29. The molecule has 20 heavy (non-hydrogen) atoms. The van der Waals surface area contributed by atoms with E-state index >= 15 is 0 Å². The molecule has 1 aliphatic carbocycles. The third-order valence-electron chi connectivity index (χ3n) is 3.80. The van der Waals surface area contributed by atoms with E-state index in [0.29, 0.717) is 5.92 Å². The predicted molar refractivity (Wildman–Crippen MR) is 80.9 cm³/mol. The Labute approximate surface area is 120 Å². The Kier molecular flexibility index (Phi) is 5.01. The van der Waals surface area contributed by atoms with Gasteiger partial charge in [-0.15, -0.1) is 0 Å². The lowest BCUT2D eigenvalue weighted by molar-refractivity contribution is 0.0265. The topological polar surface area (TPSA) is 52.6 Å². The van der Waals surface area contributed by atoms with Crippen molar-refractivity contribution in [2.75, 3.05) is 25.5 Å². The standard InChI is InChI=1S/C16H24N2O2/c1-3-8-17-14-6-4-13(5-7-14)16(20)18(2)11-12-9-15(19)10-12/h4-7,12,15,17,19H,3,8-11H2,1-2H3. The number of aliphatic hydroxyl groups is 1. The van der Waals surface area contributed by atoms with Gasteiger partial charge in [-0.2, -0.15) is 0 Å². The zero-order valence-electron chi connectivity index (χ0n) is 12.3. The molecule has 1 saturated carbocycles. The maximum Gasteiger partial charge on any atom is 0.253 e. The molecular formula is C16H24N2O2. The fourth-order valence-corrected chi connectivity index (χ4v) is 2.54. The lowest BCUT2D eigenvalue weighted by Gasteiger charge is -2.34. The zero-order chi connectivity index (χ0) is 14.5. The van der Waals surface area contributed by atoms with Gasteiger partial charge in [0.05, 0.1) is 6.10 Å². The van der Waals surface area contributed by atoms with Crippen molar-refractivity contribution in [2.24, 2.45) is 5.92 Å². The Morgan fingerprint density at radius 3 is 2.55 bits per heavy atom. The molecule has 1 amide bonds. The number of anilines is 1. The third kappa shape index (κ3) is 3.73. The molecular weight excluding hydrogens is 252 g/mol. The summed E-state index contributed by atoms with van der Waals surface area (Å²) in [5, 5.41) is 12.6. The van der Waals surface area contributed by atoms with Crippen LogP contribution in [0, 0.1) is 5.92 Å². The van der Waals surface area contributed by atoms with Gasteiger partial charge in [-0.05, 0) is 49.4 Å². The van der Waals surface area contributed by atoms with Crippen molar-refractivity contribution in [1.29, 1.82) is 0 Å². The van der Waals surface area contributed by atoms with E-state index in [0.717, 1.165) is 43.6 Å². The summed E-state index contributed by atoms with van der Waals surface area (Å²) in [7, 11) is 1.83. The van der Waals surface area contributed by atoms with E-state index in [2.05, 4.69) is 12.2 Å². The number of amides is 1. The van der Waals surface area contributed by atoms with Crippen molar-refractivity contribution >= 4 is 11.6 Å². The first-order valence-corrected chi connectivity index (χ1v) is 7.37. The van der Waals surface area contributed by atoms with Crippen LogP contribution in [-0.2, 0) is 0 Å². The van der Waals surface area contributed by atoms with Gasteiger partial charge < -0.3 is 15.3 Å². The second kappa shape index (κ2) is 6.75. The van der Waals surface area contributed by atoms with Crippen LogP contribution in [0.2, 0.25) is 0 Å². The molecule has 0 radical (unpaired) electrons. The Bertz CT molecular complexity index is 438. The maximum absolute atomic E-state index is 12.3. The molecule has 0 aromatic heterocycles. The average molecular weight is 276 g/mol. The first-order valence-electron chi connectivity index (χ1n) is 7.37. The van der Waals surface area contributed by atoms with Gasteiger partial charge in [0.2, 0.25) is 0 Å². The Morgan fingerprint density at radius 2 is 2.00 bits per heavy atom. The molecule has 1 aromatic carbocycles. The quantitative estimate of drug-likeness (QED) is 0.838. The van der Waals surface area contributed by atoms with Gasteiger partial charge in [0.25, 0.3) is 5.91 Å². The first-order chi connectivity index (χ1) is 9.60. The molecule has 0 spiro atoms. The number of nitrogens with zero attached hydrogens (tertiary/aromatic N) is 1. The molecule has 0 saturated heterocycles. The van der Waals surface area contributed by atoms with E-state index in [1.54, 1.807) is 4.90 Å². The highest BCUT2D eigenvalue weighted by Crippen LogP contribution is 2.27. The van der Waals surface area contributed by atoms with Crippen molar-refractivity contribution < 1.29 is 9.90 Å². The first kappa shape index (κ1) is 14.9. The summed E-state index contributed by atoms with van der Waals surface area (Å²) in [5.41, 5.74) is 1.77. The minimum absolute atomic E-state index is 0.0495. The van der Waals surface area contributed by atoms with Crippen LogP contribution >= 0.6 is 0 Å². The van der Waals surface area contributed by atoms with E-state index in [4.69, 9.17) is 0 Å². The lowest BCUT2D eigenvalue weighted by atomic mass is 9.82. The number of hydrogen-bond donors (Lipinski definition) is 2. The van der Waals surface area contributed by atoms with Crippen LogP contribution in [0.4, 0.5) is 5.69 Å². The SMILES string of the molecule is CCCNc1ccc(C(=O)N(C)CC2CC(O)C2)cc1. The molecule has 1 aliphatic rings. The van der Waals surface area contributed by atoms with Crippen molar-refractivity contribution in [1.82, 2.24) is 4.90 Å². The van der Waals surface area contributed by atoms with E-state index in [-0.39, 0.29) is 12.0 Å². The van der Waals surface area contributed by atoms with Crippen molar-refractivity contribution in [3.63, 3.8) is 0 Å². The molecule has 2 rings (SSSR count). The molecule has 0 bridgehead atoms. The predicted octanol–water partition coefficient (Wildman–Crippen LogP) is 2.35. The maximum atomic E-state index is 12.3. The van der Waals surface area contributed by atoms with Crippen LogP contribution < -0.4 is 5.32 Å². The van der Waals surface area contributed by atoms with Crippen molar-refractivity contribution in [3.8, 4) is 0 Å². The lowest BCUT2D eigenvalue weighted by Crippen LogP contribution is -2.39. The van der Waals surface area contributed by atoms with E-state index < -0.39 is 0 Å². The number of carbonyl (C=O) groups excluding carboxylic acids is 1. The molecule has 0 heterocycles. The molecule has 110 valence electrons. The average Bonchev–Trinajstić information content (AvgIpc) is 2.43. The smallest absolute Gasteiger partial charge is 0.253 e. The van der Waals surface area contributed by atoms with Gasteiger partial charge >= 0.3 is 0 Å². The fraction of sp³-hybridized carbons (Fsp3) is 0.562. The fourth-order valence-electron chi connectivity index (χ4n) is 2.54. The Hall–Kier alpha value is -1.55. The number of carbonyl (C=O) groups is 1. The minimum Gasteiger partial charge on any atom is -0.393 e. The van der Waals surface area contributed by atoms with E-state index in [9.17, 15) is 9.90 Å². The number of aliphatic hydroxyl groups excluding tert-OH is 1. The summed E-state index contributed by atoms with van der Waals surface area (Å²) in [6.07, 6.45) is 2.55. The summed E-state index contributed by atoms with van der Waals surface area (Å²) in [6, 6.07) is 7.63. The molecule has 0 atom stereocenters. The molecule has 1 fully saturated rings. The Morgan fingerprint density at radius 1 is 1.35 bits per heavy atom. The van der Waals surface area contributed by atoms with Crippen molar-refractivity contribution in [3.05, 3.63) is 29.8 Å². The number of benzene rings is 1. The van der Waals surface area contributed by atoms with Gasteiger partial charge in [-0.1, -0.05) is 6.92 Å². The van der Waals surface area contributed by atoms with Gasteiger partial charge in [0.1, 0.15) is 0 Å². The zero-order valence-corrected chi connectivity index (χ0v) is 12.3. The van der Waals surface area contributed by atoms with Crippen LogP contribution in [0.5, 0.6) is 0 Å². The van der Waals surface area contributed by atoms with Crippen LogP contribution in [0.25, 0.3) is 0 Å². The van der Waals surface area contributed by atoms with Gasteiger partial charge in [0.15, 0.2) is 0 Å². The highest BCUT2D eigenvalue weighted by molar-refractivity contribution is 5.94. The summed E-state index contributed by atoms with van der Waals surface area (Å²) in [4.78, 5) is 14.0. The molecule has 2 N–H and O–H groups in total. The van der Waals surface area contributed by atoms with Crippen LogP contribution in [0.15, 0.2) is 24.3 Å². The highest BCUT2D eigenvalue weighted by atomic mass is 16.3. The molecule has 0 unspecified atom stereocenters. The van der Waals surface area contributed by atoms with E-state index in [1.165, 1.54) is 0 Å². The van der Waals surface area contributed by atoms with Gasteiger partial charge in [-0.3, -0.25) is 4.79 Å². The summed E-state index contributed by atoms with van der Waals surface area (Å²) < 4.78 is 0. The molecule has 4 heteroatoms. The van der Waals surface area contributed by atoms with Crippen molar-refractivity contribution in [2.45, 2.75) is 32.3 Å². The number of rotatable bonds is 6. The van der Waals surface area contributed by atoms with Gasteiger partial charge in [0, 0.05) is 31.4 Å². The summed E-state index contributed by atoms with van der Waals surface area (Å²) in [6.45, 7) is 3.79. The van der Waals surface area contributed by atoms with Crippen LogP contribution in [-0.4, -0.2) is 42.2 Å². The summed E-state index contributed by atoms with van der Waals surface area (Å²) >= 11 is 0. The Balaban J connectivity index is 1.87. The van der Waals surface area contributed by atoms with Gasteiger partial charge in [-0.25, -0.2) is 0 Å². The van der Waals surface area contributed by atoms with Crippen LogP contribution in [0.1, 0.15) is 36.5 Å². The second-order valence-corrected chi connectivity index (χ2v) is 5.68.